The van der Waals surface area contributed by atoms with Crippen LogP contribution in [0.15, 0.2) is 94.0 Å². The van der Waals surface area contributed by atoms with E-state index in [-0.39, 0.29) is 79.0 Å². The van der Waals surface area contributed by atoms with E-state index in [4.69, 9.17) is 41.3 Å². The van der Waals surface area contributed by atoms with Gasteiger partial charge in [0.05, 0.1) is 92.5 Å². The van der Waals surface area contributed by atoms with E-state index < -0.39 is 23.5 Å². The van der Waals surface area contributed by atoms with Gasteiger partial charge in [-0.2, -0.15) is 0 Å². The van der Waals surface area contributed by atoms with E-state index >= 15 is 4.39 Å². The van der Waals surface area contributed by atoms with E-state index in [0.717, 1.165) is 61.8 Å². The lowest BCUT2D eigenvalue weighted by molar-refractivity contribution is -0.132. The number of carbonyl (C=O) groups is 2. The highest BCUT2D eigenvalue weighted by atomic mass is 19.1. The number of methoxy groups -OCH3 is 4. The molecule has 25 nitrogen and oxygen atoms in total. The Hall–Kier alpha value is -8.82. The van der Waals surface area contributed by atoms with Crippen molar-refractivity contribution in [3.63, 3.8) is 0 Å². The van der Waals surface area contributed by atoms with E-state index in [1.165, 1.54) is 69.1 Å². The van der Waals surface area contributed by atoms with Crippen molar-refractivity contribution in [2.45, 2.75) is 65.7 Å². The summed E-state index contributed by atoms with van der Waals surface area (Å²) in [5.74, 6) is -1.12. The van der Waals surface area contributed by atoms with Crippen LogP contribution in [0.1, 0.15) is 59.3 Å². The molecule has 6 heterocycles. The second kappa shape index (κ2) is 29.6. The fourth-order valence-corrected chi connectivity index (χ4v) is 8.01. The molecule has 0 saturated carbocycles. The number of hydrogen-bond acceptors (Lipinski definition) is 21. The number of aryl methyl sites for hydroxylation is 2. The molecule has 2 fully saturated rings. The van der Waals surface area contributed by atoms with Crippen molar-refractivity contribution in [3.8, 4) is 22.9 Å². The molecule has 8 N–H and O–H groups in total. The third kappa shape index (κ3) is 16.4. The average molecular weight is 1090 g/mol. The monoisotopic (exact) mass is 1090 g/mol. The quantitative estimate of drug-likeness (QED) is 0.0507. The van der Waals surface area contributed by atoms with Crippen LogP contribution in [0, 0.1) is 25.5 Å². The summed E-state index contributed by atoms with van der Waals surface area (Å²) in [5, 5.41) is 27.6. The van der Waals surface area contributed by atoms with Gasteiger partial charge in [-0.3, -0.25) is 14.8 Å². The molecular formula is C52H66F2N18O7. The van der Waals surface area contributed by atoms with Crippen LogP contribution in [0.2, 0.25) is 0 Å². The maximum Gasteiger partial charge on any atom is 0.339 e. The topological polar surface area (TPSA) is 326 Å². The van der Waals surface area contributed by atoms with Gasteiger partial charge in [-0.15, -0.1) is 10.2 Å². The van der Waals surface area contributed by atoms with Crippen LogP contribution in [0.3, 0.4) is 0 Å². The number of nitrogens with one attached hydrogen (secondary N) is 1. The first kappa shape index (κ1) is 59.4. The van der Waals surface area contributed by atoms with Crippen LogP contribution in [0.25, 0.3) is 11.4 Å². The van der Waals surface area contributed by atoms with Crippen LogP contribution in [-0.2, 0) is 45.2 Å². The number of carboxylic acid groups (broad SMARTS) is 1. The first-order valence-electron chi connectivity index (χ1n) is 25.0. The number of aliphatic imine (C=N–C) groups is 2. The Bertz CT molecular complexity index is 3100. The molecule has 2 aliphatic heterocycles. The fraction of sp³-hybridized carbons (Fsp3) is 0.385. The van der Waals surface area contributed by atoms with Crippen LogP contribution in [-0.4, -0.2) is 147 Å². The first-order valence-corrected chi connectivity index (χ1v) is 25.0. The number of anilines is 2. The standard InChI is InChI=1S/C26H32FN9O3.C15H21N5O3.C11H13FN4O/c1-17-15-36(34-33-17)22-6-7-23(39-3)24(27)20(22)14-30-25(37)19(21(28)16-38-2)13-29-10-18-11-31-26(32-12-18)35-8-4-5-9-35;1-23-10-13(16)12(14(21)22)9-17-6-11-7-18-15(19-8-11)20-4-2-3-5-20;1-7-6-16(15-14-7)9-3-4-10(17-2)11(12)8(9)5-13/h6-7,11-13,15H,4-5,8-10,14,16,28H2,1-3H3,(H,30,37);7-9H,2-6,10,16H2,1H3,(H,21,22);3-4,6H,5,13H2,1-2H3. The van der Waals surface area contributed by atoms with Crippen molar-refractivity contribution in [2.75, 3.05) is 77.6 Å². The number of nitrogens with two attached hydrogens (primary N) is 3. The molecule has 2 saturated heterocycles. The van der Waals surface area contributed by atoms with Crippen molar-refractivity contribution in [1.29, 1.82) is 0 Å². The van der Waals surface area contributed by atoms with Crippen molar-refractivity contribution in [2.24, 2.45) is 27.2 Å². The summed E-state index contributed by atoms with van der Waals surface area (Å²) in [6, 6.07) is 6.38. The van der Waals surface area contributed by atoms with Gasteiger partial charge >= 0.3 is 5.97 Å². The average Bonchev–Trinajstić information content (AvgIpc) is 4.33. The zero-order valence-corrected chi connectivity index (χ0v) is 45.0. The first-order chi connectivity index (χ1) is 38.2. The molecule has 2 aromatic carbocycles. The molecule has 1 amide bonds. The predicted octanol–water partition coefficient (Wildman–Crippen LogP) is 3.63. The lowest BCUT2D eigenvalue weighted by atomic mass is 10.1. The Kier molecular flexibility index (Phi) is 22.3. The molecule has 4 aromatic heterocycles. The number of aliphatic carboxylic acids is 1. The van der Waals surface area contributed by atoms with Crippen LogP contribution >= 0.6 is 0 Å². The Balaban J connectivity index is 0.000000212. The Morgan fingerprint density at radius 2 is 1.09 bits per heavy atom. The van der Waals surface area contributed by atoms with Crippen molar-refractivity contribution < 1.29 is 42.4 Å². The molecule has 0 bridgehead atoms. The summed E-state index contributed by atoms with van der Waals surface area (Å²) in [7, 11) is 5.70. The SMILES string of the molecule is COCC(N)=C(C=NCc1cnc(N2CCCC2)nc1)C(=O)NCc1c(-n2cc(C)nn2)ccc(OC)c1F.COCC(N)=C(C=NCc1cnc(N2CCCC2)nc1)C(=O)O.COc1ccc(-n2cc(C)nn2)c(CN)c1F. The van der Waals surface area contributed by atoms with E-state index in [0.29, 0.717) is 28.6 Å². The van der Waals surface area contributed by atoms with Gasteiger partial charge < -0.3 is 56.4 Å². The smallest absolute Gasteiger partial charge is 0.339 e. The van der Waals surface area contributed by atoms with Crippen molar-refractivity contribution >= 4 is 36.2 Å². The molecule has 0 aliphatic carbocycles. The Morgan fingerprint density at radius 1 is 0.671 bits per heavy atom. The molecule has 0 radical (unpaired) electrons. The molecule has 0 spiro atoms. The van der Waals surface area contributed by atoms with Crippen molar-refractivity contribution in [3.05, 3.63) is 129 Å². The number of amides is 1. The molecule has 0 atom stereocenters. The van der Waals surface area contributed by atoms with E-state index in [1.54, 1.807) is 62.3 Å². The normalized spacial score (nSPS) is 13.9. The number of carbonyl (C=O) groups excluding carboxylic acids is 1. The fourth-order valence-electron chi connectivity index (χ4n) is 8.01. The highest BCUT2D eigenvalue weighted by Gasteiger charge is 2.21. The van der Waals surface area contributed by atoms with Crippen LogP contribution < -0.4 is 41.8 Å². The zero-order chi connectivity index (χ0) is 56.8. The van der Waals surface area contributed by atoms with Crippen molar-refractivity contribution in [1.82, 2.24) is 55.2 Å². The number of carboxylic acids is 1. The largest absolute Gasteiger partial charge is 0.494 e. The third-order valence-electron chi connectivity index (χ3n) is 12.1. The minimum absolute atomic E-state index is 0.0133. The number of benzene rings is 2. The van der Waals surface area contributed by atoms with Gasteiger partial charge in [0.15, 0.2) is 23.1 Å². The molecule has 420 valence electrons. The minimum atomic E-state index is -1.14. The highest BCUT2D eigenvalue weighted by molar-refractivity contribution is 6.12. The highest BCUT2D eigenvalue weighted by Crippen LogP contribution is 2.28. The van der Waals surface area contributed by atoms with E-state index in [1.807, 2.05) is 6.92 Å². The molecule has 6 aromatic rings. The van der Waals surface area contributed by atoms with Gasteiger partial charge in [0.1, 0.15) is 0 Å². The lowest BCUT2D eigenvalue weighted by Crippen LogP contribution is -2.29. The van der Waals surface area contributed by atoms with Crippen LogP contribution in [0.5, 0.6) is 11.5 Å². The minimum Gasteiger partial charge on any atom is -0.494 e. The Morgan fingerprint density at radius 3 is 1.48 bits per heavy atom. The molecule has 27 heteroatoms. The summed E-state index contributed by atoms with van der Waals surface area (Å²) in [4.78, 5) is 54.6. The van der Waals surface area contributed by atoms with Gasteiger partial charge in [-0.1, -0.05) is 10.4 Å². The molecule has 8 rings (SSSR count). The Labute approximate surface area is 455 Å². The maximum atomic E-state index is 15.2. The molecular weight excluding hydrogens is 1030 g/mol. The maximum absolute atomic E-state index is 15.2. The number of ether oxygens (including phenoxy) is 4. The third-order valence-corrected chi connectivity index (χ3v) is 12.1. The second-order valence-electron chi connectivity index (χ2n) is 17.8. The summed E-state index contributed by atoms with van der Waals surface area (Å²) in [6.45, 7) is 7.97. The van der Waals surface area contributed by atoms with Gasteiger partial charge in [0.2, 0.25) is 11.9 Å². The predicted molar refractivity (Wildman–Crippen MR) is 290 cm³/mol. The zero-order valence-electron chi connectivity index (χ0n) is 45.0. The van der Waals surface area contributed by atoms with E-state index in [2.05, 4.69) is 65.7 Å². The van der Waals surface area contributed by atoms with Gasteiger partial charge in [0.25, 0.3) is 5.91 Å². The second-order valence-corrected chi connectivity index (χ2v) is 17.8. The van der Waals surface area contributed by atoms with E-state index in [9.17, 15) is 14.0 Å². The number of aromatic nitrogens is 10. The number of nitrogens with zero attached hydrogens (tertiary/aromatic N) is 14. The van der Waals surface area contributed by atoms with Crippen LogP contribution in [0.4, 0.5) is 20.7 Å². The van der Waals surface area contributed by atoms with Gasteiger partial charge in [-0.05, 0) is 63.8 Å². The molecule has 2 aliphatic rings. The summed E-state index contributed by atoms with van der Waals surface area (Å²) < 4.78 is 52.1. The van der Waals surface area contributed by atoms with Gasteiger partial charge in [0, 0.05) is 119 Å². The number of rotatable bonds is 21. The summed E-state index contributed by atoms with van der Waals surface area (Å²) >= 11 is 0. The molecule has 0 unspecified atom stereocenters. The van der Waals surface area contributed by atoms with Gasteiger partial charge in [-0.25, -0.2) is 42.9 Å². The summed E-state index contributed by atoms with van der Waals surface area (Å²) in [5.41, 5.74) is 22.2. The lowest BCUT2D eigenvalue weighted by Gasteiger charge is -2.15. The molecule has 79 heavy (non-hydrogen) atoms. The number of hydrogen-bond donors (Lipinski definition) is 5. The number of halogens is 2. The summed E-state index contributed by atoms with van der Waals surface area (Å²) in [6.07, 6.45) is 17.5.